The van der Waals surface area contributed by atoms with Gasteiger partial charge in [0.1, 0.15) is 0 Å². The van der Waals surface area contributed by atoms with E-state index in [-0.39, 0.29) is 0 Å². The van der Waals surface area contributed by atoms with Gasteiger partial charge in [0, 0.05) is 11.9 Å². The molecule has 84 valence electrons. The molecule has 0 aliphatic carbocycles. The van der Waals surface area contributed by atoms with Crippen molar-refractivity contribution in [3.63, 3.8) is 0 Å². The average molecular weight is 245 g/mol. The molecular formula is C11H17ClN2S. The standard InChI is InChI=1S/C11H17ClN2S/c1-2-6-13-7-3-8-15-11-5-4-10(12)9-14-11/h4-5,9,13H,2-3,6-8H2,1H3. The van der Waals surface area contributed by atoms with E-state index in [1.807, 2.05) is 12.1 Å². The molecule has 1 N–H and O–H groups in total. The Balaban J connectivity index is 2.07. The molecule has 4 heteroatoms. The van der Waals surface area contributed by atoms with Gasteiger partial charge < -0.3 is 5.32 Å². The van der Waals surface area contributed by atoms with Crippen LogP contribution in [0.15, 0.2) is 23.4 Å². The van der Waals surface area contributed by atoms with Crippen molar-refractivity contribution in [1.82, 2.24) is 10.3 Å². The molecule has 0 radical (unpaired) electrons. The molecule has 0 aliphatic rings. The van der Waals surface area contributed by atoms with Crippen LogP contribution in [0, 0.1) is 0 Å². The van der Waals surface area contributed by atoms with Crippen molar-refractivity contribution in [2.45, 2.75) is 24.8 Å². The highest BCUT2D eigenvalue weighted by Gasteiger charge is 1.95. The zero-order valence-electron chi connectivity index (χ0n) is 9.00. The summed E-state index contributed by atoms with van der Waals surface area (Å²) in [4.78, 5) is 4.22. The van der Waals surface area contributed by atoms with E-state index in [0.717, 1.165) is 23.9 Å². The Labute approximate surface area is 101 Å². The van der Waals surface area contributed by atoms with Crippen LogP contribution in [0.3, 0.4) is 0 Å². The van der Waals surface area contributed by atoms with Crippen LogP contribution in [-0.4, -0.2) is 23.8 Å². The lowest BCUT2D eigenvalue weighted by Gasteiger charge is -2.02. The molecule has 0 atom stereocenters. The third-order valence-corrected chi connectivity index (χ3v) is 3.13. The van der Waals surface area contributed by atoms with Gasteiger partial charge in [0.05, 0.1) is 10.0 Å². The number of hydrogen-bond acceptors (Lipinski definition) is 3. The van der Waals surface area contributed by atoms with Gasteiger partial charge in [0.2, 0.25) is 0 Å². The molecule has 1 aromatic rings. The van der Waals surface area contributed by atoms with E-state index < -0.39 is 0 Å². The van der Waals surface area contributed by atoms with Crippen molar-refractivity contribution in [3.05, 3.63) is 23.4 Å². The Morgan fingerprint density at radius 2 is 2.27 bits per heavy atom. The number of nitrogens with zero attached hydrogens (tertiary/aromatic N) is 1. The lowest BCUT2D eigenvalue weighted by molar-refractivity contribution is 0.664. The normalized spacial score (nSPS) is 10.5. The Hall–Kier alpha value is -0.250. The largest absolute Gasteiger partial charge is 0.317 e. The first-order valence-corrected chi connectivity index (χ1v) is 6.64. The molecule has 0 bridgehead atoms. The molecule has 1 rings (SSSR count). The number of rotatable bonds is 7. The summed E-state index contributed by atoms with van der Waals surface area (Å²) in [5.41, 5.74) is 0. The van der Waals surface area contributed by atoms with Crippen molar-refractivity contribution in [2.75, 3.05) is 18.8 Å². The van der Waals surface area contributed by atoms with E-state index >= 15 is 0 Å². The summed E-state index contributed by atoms with van der Waals surface area (Å²) in [5, 5.41) is 5.12. The zero-order valence-corrected chi connectivity index (χ0v) is 10.6. The monoisotopic (exact) mass is 244 g/mol. The van der Waals surface area contributed by atoms with Crippen LogP contribution in [0.1, 0.15) is 19.8 Å². The van der Waals surface area contributed by atoms with Crippen molar-refractivity contribution >= 4 is 23.4 Å². The molecule has 0 amide bonds. The highest BCUT2D eigenvalue weighted by atomic mass is 35.5. The molecule has 1 heterocycles. The van der Waals surface area contributed by atoms with Gasteiger partial charge in [-0.1, -0.05) is 18.5 Å². The first-order valence-electron chi connectivity index (χ1n) is 5.28. The summed E-state index contributed by atoms with van der Waals surface area (Å²) < 4.78 is 0. The van der Waals surface area contributed by atoms with Gasteiger partial charge in [-0.25, -0.2) is 4.98 Å². The van der Waals surface area contributed by atoms with Gasteiger partial charge in [-0.2, -0.15) is 0 Å². The molecular weight excluding hydrogens is 228 g/mol. The van der Waals surface area contributed by atoms with E-state index in [2.05, 4.69) is 17.2 Å². The molecule has 2 nitrogen and oxygen atoms in total. The minimum atomic E-state index is 0.698. The van der Waals surface area contributed by atoms with E-state index in [9.17, 15) is 0 Å². The molecule has 0 unspecified atom stereocenters. The van der Waals surface area contributed by atoms with E-state index in [0.29, 0.717) is 5.02 Å². The molecule has 0 spiro atoms. The Morgan fingerprint density at radius 1 is 1.40 bits per heavy atom. The fourth-order valence-electron chi connectivity index (χ4n) is 1.12. The summed E-state index contributed by atoms with van der Waals surface area (Å²) in [6.45, 7) is 4.39. The van der Waals surface area contributed by atoms with Crippen LogP contribution in [0.4, 0.5) is 0 Å². The number of halogens is 1. The summed E-state index contributed by atoms with van der Waals surface area (Å²) in [6, 6.07) is 3.85. The second-order valence-electron chi connectivity index (χ2n) is 3.27. The molecule has 1 aromatic heterocycles. The molecule has 0 saturated heterocycles. The highest BCUT2D eigenvalue weighted by molar-refractivity contribution is 7.99. The quantitative estimate of drug-likeness (QED) is 0.589. The molecule has 0 saturated carbocycles. The van der Waals surface area contributed by atoms with Gasteiger partial charge >= 0.3 is 0 Å². The van der Waals surface area contributed by atoms with E-state index in [1.54, 1.807) is 18.0 Å². The van der Waals surface area contributed by atoms with Crippen LogP contribution in [0.2, 0.25) is 5.02 Å². The minimum Gasteiger partial charge on any atom is -0.317 e. The van der Waals surface area contributed by atoms with Crippen LogP contribution in [0.5, 0.6) is 0 Å². The third-order valence-electron chi connectivity index (χ3n) is 1.87. The van der Waals surface area contributed by atoms with E-state index in [4.69, 9.17) is 11.6 Å². The van der Waals surface area contributed by atoms with Crippen LogP contribution in [0.25, 0.3) is 0 Å². The Bertz CT molecular complexity index is 264. The number of pyridine rings is 1. The predicted molar refractivity (Wildman–Crippen MR) is 67.7 cm³/mol. The summed E-state index contributed by atoms with van der Waals surface area (Å²) in [5.74, 6) is 1.10. The number of nitrogens with one attached hydrogen (secondary N) is 1. The summed E-state index contributed by atoms with van der Waals surface area (Å²) in [7, 11) is 0. The van der Waals surface area contributed by atoms with Crippen LogP contribution < -0.4 is 5.32 Å². The number of aromatic nitrogens is 1. The van der Waals surface area contributed by atoms with Crippen molar-refractivity contribution in [1.29, 1.82) is 0 Å². The van der Waals surface area contributed by atoms with Crippen LogP contribution in [-0.2, 0) is 0 Å². The SMILES string of the molecule is CCCNCCCSc1ccc(Cl)cn1. The lowest BCUT2D eigenvalue weighted by Crippen LogP contribution is -2.16. The topological polar surface area (TPSA) is 24.9 Å². The van der Waals surface area contributed by atoms with Gasteiger partial charge in [-0.05, 0) is 38.1 Å². The summed E-state index contributed by atoms with van der Waals surface area (Å²) >= 11 is 7.53. The van der Waals surface area contributed by atoms with Gasteiger partial charge in [0.25, 0.3) is 0 Å². The Kier molecular flexibility index (Phi) is 6.81. The van der Waals surface area contributed by atoms with E-state index in [1.165, 1.54) is 12.8 Å². The average Bonchev–Trinajstić information content (AvgIpc) is 2.26. The molecule has 0 aromatic carbocycles. The maximum Gasteiger partial charge on any atom is 0.0960 e. The molecule has 15 heavy (non-hydrogen) atoms. The van der Waals surface area contributed by atoms with Crippen molar-refractivity contribution in [2.24, 2.45) is 0 Å². The van der Waals surface area contributed by atoms with Crippen molar-refractivity contribution in [3.8, 4) is 0 Å². The van der Waals surface area contributed by atoms with Gasteiger partial charge in [-0.15, -0.1) is 11.8 Å². The lowest BCUT2D eigenvalue weighted by atomic mass is 10.4. The first kappa shape index (κ1) is 12.8. The van der Waals surface area contributed by atoms with Crippen molar-refractivity contribution < 1.29 is 0 Å². The first-order chi connectivity index (χ1) is 7.33. The molecule has 0 fully saturated rings. The van der Waals surface area contributed by atoms with Crippen LogP contribution >= 0.6 is 23.4 Å². The van der Waals surface area contributed by atoms with Gasteiger partial charge in [0.15, 0.2) is 0 Å². The second kappa shape index (κ2) is 7.97. The minimum absolute atomic E-state index is 0.698. The second-order valence-corrected chi connectivity index (χ2v) is 4.82. The van der Waals surface area contributed by atoms with Gasteiger partial charge in [-0.3, -0.25) is 0 Å². The molecule has 0 aliphatic heterocycles. The maximum absolute atomic E-state index is 5.75. The summed E-state index contributed by atoms with van der Waals surface area (Å²) in [6.07, 6.45) is 4.07. The fourth-order valence-corrected chi connectivity index (χ4v) is 2.02. The third kappa shape index (κ3) is 6.03. The Morgan fingerprint density at radius 3 is 2.93 bits per heavy atom. The number of hydrogen-bond donors (Lipinski definition) is 1. The number of thioether (sulfide) groups is 1. The smallest absolute Gasteiger partial charge is 0.0960 e. The fraction of sp³-hybridized carbons (Fsp3) is 0.545. The maximum atomic E-state index is 5.75. The predicted octanol–water partition coefficient (Wildman–Crippen LogP) is 3.22. The highest BCUT2D eigenvalue weighted by Crippen LogP contribution is 2.17. The zero-order chi connectivity index (χ0) is 10.9.